The summed E-state index contributed by atoms with van der Waals surface area (Å²) in [7, 11) is 2.04. The van der Waals surface area contributed by atoms with Gasteiger partial charge in [-0.15, -0.1) is 0 Å². The van der Waals surface area contributed by atoms with Gasteiger partial charge in [0.1, 0.15) is 4.99 Å². The number of rotatable bonds is 5. The molecule has 0 fully saturated rings. The van der Waals surface area contributed by atoms with Gasteiger partial charge in [-0.1, -0.05) is 24.4 Å². The van der Waals surface area contributed by atoms with Crippen molar-refractivity contribution in [1.29, 1.82) is 0 Å². The maximum Gasteiger partial charge on any atom is 0.106 e. The molecule has 2 aromatic rings. The molecule has 4 nitrogen and oxygen atoms in total. The highest BCUT2D eigenvalue weighted by Gasteiger charge is 2.12. The Kier molecular flexibility index (Phi) is 4.39. The van der Waals surface area contributed by atoms with Crippen molar-refractivity contribution in [3.63, 3.8) is 0 Å². The summed E-state index contributed by atoms with van der Waals surface area (Å²) in [4.78, 5) is 2.57. The predicted molar refractivity (Wildman–Crippen MR) is 87.1 cm³/mol. The summed E-state index contributed by atoms with van der Waals surface area (Å²) in [6.07, 6.45) is 0. The molecule has 1 aromatic carbocycles. The second kappa shape index (κ2) is 6.05. The van der Waals surface area contributed by atoms with Crippen molar-refractivity contribution < 1.29 is 0 Å². The summed E-state index contributed by atoms with van der Waals surface area (Å²) in [6.45, 7) is 5.75. The zero-order valence-corrected chi connectivity index (χ0v) is 12.9. The van der Waals surface area contributed by atoms with Gasteiger partial charge in [0.15, 0.2) is 0 Å². The van der Waals surface area contributed by atoms with Crippen LogP contribution in [0, 0.1) is 6.92 Å². The zero-order chi connectivity index (χ0) is 14.7. The Morgan fingerprint density at radius 3 is 2.75 bits per heavy atom. The van der Waals surface area contributed by atoms with Gasteiger partial charge >= 0.3 is 0 Å². The van der Waals surface area contributed by atoms with Crippen LogP contribution in [0.15, 0.2) is 30.3 Å². The molecule has 2 N–H and O–H groups in total. The van der Waals surface area contributed by atoms with E-state index in [-0.39, 0.29) is 0 Å². The first-order chi connectivity index (χ1) is 9.52. The van der Waals surface area contributed by atoms with Crippen LogP contribution < -0.4 is 10.6 Å². The zero-order valence-electron chi connectivity index (χ0n) is 12.1. The van der Waals surface area contributed by atoms with Crippen LogP contribution in [0.4, 0.5) is 5.69 Å². The first-order valence-electron chi connectivity index (χ1n) is 6.66. The van der Waals surface area contributed by atoms with E-state index in [9.17, 15) is 0 Å². The van der Waals surface area contributed by atoms with Crippen molar-refractivity contribution in [2.45, 2.75) is 26.9 Å². The van der Waals surface area contributed by atoms with Crippen LogP contribution in [-0.4, -0.2) is 21.8 Å². The van der Waals surface area contributed by atoms with Crippen LogP contribution in [0.5, 0.6) is 0 Å². The van der Waals surface area contributed by atoms with Crippen molar-refractivity contribution in [1.82, 2.24) is 9.78 Å². The van der Waals surface area contributed by atoms with Crippen molar-refractivity contribution in [2.24, 2.45) is 5.73 Å². The molecule has 106 valence electrons. The molecule has 0 atom stereocenters. The van der Waals surface area contributed by atoms with Crippen molar-refractivity contribution in [3.8, 4) is 0 Å². The molecule has 0 bridgehead atoms. The van der Waals surface area contributed by atoms with Crippen LogP contribution in [0.25, 0.3) is 0 Å². The third kappa shape index (κ3) is 2.99. The molecule has 0 amide bonds. The molecule has 0 saturated heterocycles. The fraction of sp³-hybridized carbons (Fsp3) is 0.333. The normalized spacial score (nSPS) is 10.6. The minimum atomic E-state index is 0.424. The summed E-state index contributed by atoms with van der Waals surface area (Å²) in [5, 5.41) is 4.47. The van der Waals surface area contributed by atoms with E-state index in [0.29, 0.717) is 4.99 Å². The number of anilines is 1. The molecule has 20 heavy (non-hydrogen) atoms. The average molecular weight is 288 g/mol. The summed E-state index contributed by atoms with van der Waals surface area (Å²) in [5.74, 6) is 0. The number of thiocarbonyl (C=S) groups is 1. The van der Waals surface area contributed by atoms with E-state index >= 15 is 0 Å². The lowest BCUT2D eigenvalue weighted by Crippen LogP contribution is -2.23. The highest BCUT2D eigenvalue weighted by atomic mass is 32.1. The standard InChI is InChI=1S/C15H20N4S/c1-4-19-12(9-11(2)17-19)10-18(3)14-8-6-5-7-13(14)15(16)20/h5-9H,4,10H2,1-3H3,(H2,16,20). The fourth-order valence-corrected chi connectivity index (χ4v) is 2.52. The second-order valence-electron chi connectivity index (χ2n) is 4.83. The van der Waals surface area contributed by atoms with Gasteiger partial charge < -0.3 is 10.6 Å². The van der Waals surface area contributed by atoms with E-state index in [1.165, 1.54) is 5.69 Å². The van der Waals surface area contributed by atoms with Gasteiger partial charge in [0.05, 0.1) is 17.9 Å². The minimum Gasteiger partial charge on any atom is -0.389 e. The Hall–Kier alpha value is -1.88. The molecule has 0 aliphatic rings. The number of nitrogens with two attached hydrogens (primary N) is 1. The minimum absolute atomic E-state index is 0.424. The molecule has 0 aliphatic carbocycles. The number of aryl methyl sites for hydroxylation is 2. The third-order valence-corrected chi connectivity index (χ3v) is 3.48. The first-order valence-corrected chi connectivity index (χ1v) is 7.07. The summed E-state index contributed by atoms with van der Waals surface area (Å²) in [5.41, 5.74) is 9.97. The van der Waals surface area contributed by atoms with E-state index in [0.717, 1.165) is 30.0 Å². The number of hydrogen-bond donors (Lipinski definition) is 1. The molecule has 1 aromatic heterocycles. The molecule has 0 saturated carbocycles. The van der Waals surface area contributed by atoms with E-state index in [1.807, 2.05) is 42.9 Å². The van der Waals surface area contributed by atoms with Crippen LogP contribution >= 0.6 is 12.2 Å². The molecular weight excluding hydrogens is 268 g/mol. The first kappa shape index (κ1) is 14.5. The third-order valence-electron chi connectivity index (χ3n) is 3.26. The monoisotopic (exact) mass is 288 g/mol. The number of para-hydroxylation sites is 1. The molecule has 0 unspecified atom stereocenters. The Morgan fingerprint density at radius 1 is 1.40 bits per heavy atom. The number of aromatic nitrogens is 2. The second-order valence-corrected chi connectivity index (χ2v) is 5.27. The van der Waals surface area contributed by atoms with E-state index in [4.69, 9.17) is 18.0 Å². The summed E-state index contributed by atoms with van der Waals surface area (Å²) in [6, 6.07) is 10.1. The predicted octanol–water partition coefficient (Wildman–Crippen LogP) is 2.48. The number of benzene rings is 1. The molecule has 5 heteroatoms. The van der Waals surface area contributed by atoms with Gasteiger partial charge in [0.2, 0.25) is 0 Å². The highest BCUT2D eigenvalue weighted by Crippen LogP contribution is 2.21. The van der Waals surface area contributed by atoms with E-state index in [2.05, 4.69) is 23.0 Å². The summed E-state index contributed by atoms with van der Waals surface area (Å²) >= 11 is 5.12. The van der Waals surface area contributed by atoms with Gasteiger partial charge in [-0.2, -0.15) is 5.10 Å². The van der Waals surface area contributed by atoms with Crippen molar-refractivity contribution >= 4 is 22.9 Å². The van der Waals surface area contributed by atoms with Crippen molar-refractivity contribution in [2.75, 3.05) is 11.9 Å². The van der Waals surface area contributed by atoms with Crippen LogP contribution in [0.2, 0.25) is 0 Å². The van der Waals surface area contributed by atoms with Gasteiger partial charge in [-0.25, -0.2) is 0 Å². The Balaban J connectivity index is 2.28. The van der Waals surface area contributed by atoms with Gasteiger partial charge in [0, 0.05) is 24.8 Å². The Morgan fingerprint density at radius 2 is 2.10 bits per heavy atom. The number of nitrogens with zero attached hydrogens (tertiary/aromatic N) is 3. The molecular formula is C15H20N4S. The molecule has 0 spiro atoms. The fourth-order valence-electron chi connectivity index (χ4n) is 2.34. The largest absolute Gasteiger partial charge is 0.389 e. The lowest BCUT2D eigenvalue weighted by atomic mass is 10.1. The highest BCUT2D eigenvalue weighted by molar-refractivity contribution is 7.80. The maximum atomic E-state index is 5.79. The lowest BCUT2D eigenvalue weighted by Gasteiger charge is -2.22. The molecule has 0 radical (unpaired) electrons. The van der Waals surface area contributed by atoms with Gasteiger partial charge in [-0.05, 0) is 32.0 Å². The smallest absolute Gasteiger partial charge is 0.106 e. The van der Waals surface area contributed by atoms with Crippen molar-refractivity contribution in [3.05, 3.63) is 47.3 Å². The lowest BCUT2D eigenvalue weighted by molar-refractivity contribution is 0.613. The topological polar surface area (TPSA) is 47.1 Å². The SMILES string of the molecule is CCn1nc(C)cc1CN(C)c1ccccc1C(N)=S. The summed E-state index contributed by atoms with van der Waals surface area (Å²) < 4.78 is 2.02. The average Bonchev–Trinajstić information content (AvgIpc) is 2.78. The van der Waals surface area contributed by atoms with Gasteiger partial charge in [0.25, 0.3) is 0 Å². The van der Waals surface area contributed by atoms with Crippen LogP contribution in [0.3, 0.4) is 0 Å². The molecule has 2 rings (SSSR count). The van der Waals surface area contributed by atoms with E-state index < -0.39 is 0 Å². The molecule has 0 aliphatic heterocycles. The molecule has 1 heterocycles. The maximum absolute atomic E-state index is 5.79. The number of hydrogen-bond acceptors (Lipinski definition) is 3. The Labute approximate surface area is 125 Å². The Bertz CT molecular complexity index is 618. The van der Waals surface area contributed by atoms with Crippen LogP contribution in [0.1, 0.15) is 23.9 Å². The quantitative estimate of drug-likeness (QED) is 0.859. The van der Waals surface area contributed by atoms with Crippen LogP contribution in [-0.2, 0) is 13.1 Å². The van der Waals surface area contributed by atoms with Gasteiger partial charge in [-0.3, -0.25) is 4.68 Å². The van der Waals surface area contributed by atoms with E-state index in [1.54, 1.807) is 0 Å².